The molecule has 0 saturated heterocycles. The van der Waals surface area contributed by atoms with Crippen molar-refractivity contribution in [2.24, 2.45) is 5.16 Å². The highest BCUT2D eigenvalue weighted by molar-refractivity contribution is 5.70. The maximum atomic E-state index is 13.8. The molecule has 0 N–H and O–H groups in total. The lowest BCUT2D eigenvalue weighted by Crippen LogP contribution is -2.16. The second-order valence-corrected chi connectivity index (χ2v) is 4.33. The fraction of sp³-hybridized carbons (Fsp3) is 0.200. The second-order valence-electron chi connectivity index (χ2n) is 4.33. The first kappa shape index (κ1) is 12.6. The Labute approximate surface area is 115 Å². The Morgan fingerprint density at radius 1 is 1.25 bits per heavy atom. The van der Waals surface area contributed by atoms with E-state index in [9.17, 15) is 4.39 Å². The number of hydrogen-bond acceptors (Lipinski definition) is 4. The van der Waals surface area contributed by atoms with Gasteiger partial charge in [-0.3, -0.25) is 0 Å². The molecule has 2 heterocycles. The minimum atomic E-state index is -0.516. The summed E-state index contributed by atoms with van der Waals surface area (Å²) in [6.07, 6.45) is 4.60. The molecule has 1 aromatic carbocycles. The molecule has 2 aromatic rings. The molecule has 1 atom stereocenters. The third kappa shape index (κ3) is 2.61. The highest BCUT2D eigenvalue weighted by Gasteiger charge is 2.17. The third-order valence-corrected chi connectivity index (χ3v) is 2.95. The largest absolute Gasteiger partial charge is 0.489 e. The zero-order chi connectivity index (χ0) is 13.8. The first-order valence-corrected chi connectivity index (χ1v) is 6.26. The van der Waals surface area contributed by atoms with Crippen LogP contribution in [-0.4, -0.2) is 23.9 Å². The van der Waals surface area contributed by atoms with Crippen molar-refractivity contribution in [3.05, 3.63) is 48.5 Å². The zero-order valence-corrected chi connectivity index (χ0v) is 10.6. The van der Waals surface area contributed by atoms with E-state index in [0.29, 0.717) is 29.9 Å². The molecule has 5 heteroatoms. The summed E-state index contributed by atoms with van der Waals surface area (Å²) in [5.41, 5.74) is 1.08. The molecule has 101 valence electrons. The van der Waals surface area contributed by atoms with Crippen molar-refractivity contribution in [3.8, 4) is 16.9 Å². The van der Waals surface area contributed by atoms with E-state index < -0.39 is 5.95 Å². The van der Waals surface area contributed by atoms with Gasteiger partial charge in [0.1, 0.15) is 18.6 Å². The van der Waals surface area contributed by atoms with Gasteiger partial charge in [-0.1, -0.05) is 23.4 Å². The molecule has 20 heavy (non-hydrogen) atoms. The van der Waals surface area contributed by atoms with E-state index in [1.165, 1.54) is 6.20 Å². The molecule has 1 unspecified atom stereocenters. The fourth-order valence-corrected chi connectivity index (χ4v) is 1.96. The smallest absolute Gasteiger partial charge is 0.220 e. The first-order chi connectivity index (χ1) is 9.84. The molecule has 0 amide bonds. The van der Waals surface area contributed by atoms with Crippen LogP contribution in [0.4, 0.5) is 4.39 Å². The van der Waals surface area contributed by atoms with Crippen LogP contribution in [0.15, 0.2) is 47.8 Å². The highest BCUT2D eigenvalue weighted by atomic mass is 19.1. The zero-order valence-electron chi connectivity index (χ0n) is 10.6. The minimum absolute atomic E-state index is 0.137. The van der Waals surface area contributed by atoms with Crippen LogP contribution in [0.1, 0.15) is 6.42 Å². The van der Waals surface area contributed by atoms with Crippen LogP contribution in [0.25, 0.3) is 11.1 Å². The first-order valence-electron chi connectivity index (χ1n) is 6.26. The lowest BCUT2D eigenvalue weighted by atomic mass is 10.1. The normalized spacial score (nSPS) is 16.9. The molecule has 0 aliphatic carbocycles. The van der Waals surface area contributed by atoms with E-state index in [-0.39, 0.29) is 6.10 Å². The van der Waals surface area contributed by atoms with Crippen LogP contribution in [0.3, 0.4) is 0 Å². The maximum absolute atomic E-state index is 13.8. The number of nitrogens with zero attached hydrogens (tertiary/aromatic N) is 2. The van der Waals surface area contributed by atoms with Crippen LogP contribution < -0.4 is 4.74 Å². The van der Waals surface area contributed by atoms with Gasteiger partial charge in [0.25, 0.3) is 0 Å². The van der Waals surface area contributed by atoms with Gasteiger partial charge in [0.05, 0.1) is 0 Å². The minimum Gasteiger partial charge on any atom is -0.489 e. The average Bonchev–Trinajstić information content (AvgIpc) is 2.99. The molecule has 0 fully saturated rings. The van der Waals surface area contributed by atoms with Crippen LogP contribution in [0, 0.1) is 5.95 Å². The lowest BCUT2D eigenvalue weighted by molar-refractivity contribution is 0.0473. The number of aromatic nitrogens is 1. The van der Waals surface area contributed by atoms with Gasteiger partial charge in [-0.2, -0.15) is 4.39 Å². The summed E-state index contributed by atoms with van der Waals surface area (Å²) >= 11 is 0. The van der Waals surface area contributed by atoms with E-state index in [0.717, 1.165) is 0 Å². The van der Waals surface area contributed by atoms with Gasteiger partial charge in [-0.25, -0.2) is 4.98 Å². The van der Waals surface area contributed by atoms with Gasteiger partial charge < -0.3 is 9.57 Å². The summed E-state index contributed by atoms with van der Waals surface area (Å²) in [4.78, 5) is 8.71. The lowest BCUT2D eigenvalue weighted by Gasteiger charge is -2.14. The number of ether oxygens (including phenoxy) is 1. The second kappa shape index (κ2) is 5.69. The van der Waals surface area contributed by atoms with Crippen LogP contribution in [-0.2, 0) is 4.84 Å². The number of benzene rings is 1. The standard InChI is InChI=1S/C15H12FN2O2/c16-15-13(5-3-8-17-15)12-4-1-2-6-14(12)19-10-11-7-9-18-20-11/h1-6,8,11H,7,10H2. The number of pyridine rings is 1. The molecule has 0 saturated carbocycles. The Hall–Kier alpha value is -2.43. The number of rotatable bonds is 4. The highest BCUT2D eigenvalue weighted by Crippen LogP contribution is 2.31. The Bertz CT molecular complexity index is 623. The van der Waals surface area contributed by atoms with E-state index in [1.54, 1.807) is 24.3 Å². The predicted octanol–water partition coefficient (Wildman–Crippen LogP) is 2.92. The van der Waals surface area contributed by atoms with Gasteiger partial charge in [0.15, 0.2) is 6.10 Å². The van der Waals surface area contributed by atoms with Gasteiger partial charge in [0, 0.05) is 23.7 Å². The van der Waals surface area contributed by atoms with Gasteiger partial charge >= 0.3 is 0 Å². The molecule has 3 rings (SSSR count). The number of halogens is 1. The molecule has 1 aromatic heterocycles. The molecule has 4 nitrogen and oxygen atoms in total. The Morgan fingerprint density at radius 2 is 2.10 bits per heavy atom. The summed E-state index contributed by atoms with van der Waals surface area (Å²) < 4.78 is 19.5. The van der Waals surface area contributed by atoms with Gasteiger partial charge in [0.2, 0.25) is 5.95 Å². The van der Waals surface area contributed by atoms with Crippen molar-refractivity contribution < 1.29 is 14.0 Å². The predicted molar refractivity (Wildman–Crippen MR) is 72.1 cm³/mol. The third-order valence-electron chi connectivity index (χ3n) is 2.95. The molecular weight excluding hydrogens is 259 g/mol. The van der Waals surface area contributed by atoms with Crippen molar-refractivity contribution >= 4 is 6.21 Å². The summed E-state index contributed by atoms with van der Waals surface area (Å²) in [7, 11) is 0. The van der Waals surface area contributed by atoms with Gasteiger partial charge in [-0.05, 0) is 18.2 Å². The molecule has 0 spiro atoms. The summed E-state index contributed by atoms with van der Waals surface area (Å²) in [5.74, 6) is 0.0761. The van der Waals surface area contributed by atoms with Crippen molar-refractivity contribution in [2.75, 3.05) is 6.61 Å². The summed E-state index contributed by atoms with van der Waals surface area (Å²) in [6.45, 7) is 0.343. The Kier molecular flexibility index (Phi) is 3.58. The molecule has 0 bridgehead atoms. The van der Waals surface area contributed by atoms with E-state index >= 15 is 0 Å². The summed E-state index contributed by atoms with van der Waals surface area (Å²) in [5, 5.41) is 3.57. The van der Waals surface area contributed by atoms with Crippen LogP contribution >= 0.6 is 0 Å². The fourth-order valence-electron chi connectivity index (χ4n) is 1.96. The molecule has 1 aliphatic rings. The molecule has 1 radical (unpaired) electrons. The quantitative estimate of drug-likeness (QED) is 0.803. The average molecular weight is 271 g/mol. The van der Waals surface area contributed by atoms with Gasteiger partial charge in [-0.15, -0.1) is 0 Å². The summed E-state index contributed by atoms with van der Waals surface area (Å²) in [6, 6.07) is 10.6. The Balaban J connectivity index is 1.83. The topological polar surface area (TPSA) is 43.7 Å². The molecular formula is C15H12FN2O2. The Morgan fingerprint density at radius 3 is 2.90 bits per heavy atom. The van der Waals surface area contributed by atoms with E-state index in [1.807, 2.05) is 12.1 Å². The van der Waals surface area contributed by atoms with E-state index in [2.05, 4.69) is 16.4 Å². The van der Waals surface area contributed by atoms with E-state index in [4.69, 9.17) is 9.57 Å². The van der Waals surface area contributed by atoms with Crippen LogP contribution in [0.5, 0.6) is 5.75 Å². The number of hydrogen-bond donors (Lipinski definition) is 0. The van der Waals surface area contributed by atoms with Crippen molar-refractivity contribution in [3.63, 3.8) is 0 Å². The number of para-hydroxylation sites is 1. The van der Waals surface area contributed by atoms with Crippen molar-refractivity contribution in [1.29, 1.82) is 0 Å². The maximum Gasteiger partial charge on any atom is 0.220 e. The SMILES string of the molecule is Fc1ncccc1-c1ccccc1OCC1C[C]=NO1. The van der Waals surface area contributed by atoms with Crippen molar-refractivity contribution in [2.45, 2.75) is 12.5 Å². The van der Waals surface area contributed by atoms with Crippen LogP contribution in [0.2, 0.25) is 0 Å². The van der Waals surface area contributed by atoms with Crippen molar-refractivity contribution in [1.82, 2.24) is 4.98 Å². The monoisotopic (exact) mass is 271 g/mol. The molecule has 1 aliphatic heterocycles.